The van der Waals surface area contributed by atoms with E-state index in [1.165, 1.54) is 6.42 Å². The predicted octanol–water partition coefficient (Wildman–Crippen LogP) is 4.03. The number of anilines is 1. The van der Waals surface area contributed by atoms with Crippen molar-refractivity contribution in [3.8, 4) is 5.75 Å². The zero-order chi connectivity index (χ0) is 13.4. The molecule has 3 rings (SSSR count). The van der Waals surface area contributed by atoms with Gasteiger partial charge in [0.05, 0.1) is 6.54 Å². The van der Waals surface area contributed by atoms with Crippen LogP contribution in [0.5, 0.6) is 5.75 Å². The quantitative estimate of drug-likeness (QED) is 0.869. The summed E-state index contributed by atoms with van der Waals surface area (Å²) < 4.78 is 5.83. The number of hydrogen-bond donors (Lipinski definition) is 2. The van der Waals surface area contributed by atoms with Crippen molar-refractivity contribution in [2.24, 2.45) is 5.92 Å². The van der Waals surface area contributed by atoms with Crippen molar-refractivity contribution in [1.82, 2.24) is 0 Å². The monoisotopic (exact) mass is 257 g/mol. The lowest BCUT2D eigenvalue weighted by Crippen LogP contribution is -1.97. The molecule has 2 aromatic rings. The van der Waals surface area contributed by atoms with Crippen molar-refractivity contribution in [3.63, 3.8) is 0 Å². The zero-order valence-electron chi connectivity index (χ0n) is 11.3. The minimum Gasteiger partial charge on any atom is -0.508 e. The van der Waals surface area contributed by atoms with Gasteiger partial charge in [-0.3, -0.25) is 0 Å². The molecule has 3 heteroatoms. The van der Waals surface area contributed by atoms with E-state index in [4.69, 9.17) is 4.42 Å². The summed E-state index contributed by atoms with van der Waals surface area (Å²) in [6, 6.07) is 9.71. The van der Waals surface area contributed by atoms with Gasteiger partial charge in [0, 0.05) is 17.7 Å². The highest BCUT2D eigenvalue weighted by Crippen LogP contribution is 2.47. The van der Waals surface area contributed by atoms with Crippen LogP contribution in [0.4, 0.5) is 5.69 Å². The second-order valence-electron chi connectivity index (χ2n) is 5.48. The summed E-state index contributed by atoms with van der Waals surface area (Å²) >= 11 is 0. The van der Waals surface area contributed by atoms with Crippen molar-refractivity contribution in [2.75, 3.05) is 5.32 Å². The molecular weight excluding hydrogens is 238 g/mol. The highest BCUT2D eigenvalue weighted by molar-refractivity contribution is 5.50. The minimum atomic E-state index is 0.317. The lowest BCUT2D eigenvalue weighted by Gasteiger charge is -2.06. The van der Waals surface area contributed by atoms with E-state index in [2.05, 4.69) is 18.3 Å². The Hall–Kier alpha value is -1.90. The van der Waals surface area contributed by atoms with Gasteiger partial charge in [0.15, 0.2) is 0 Å². The largest absolute Gasteiger partial charge is 0.508 e. The van der Waals surface area contributed by atoms with Gasteiger partial charge in [0.1, 0.15) is 17.3 Å². The molecule has 1 fully saturated rings. The van der Waals surface area contributed by atoms with Crippen LogP contribution < -0.4 is 5.32 Å². The topological polar surface area (TPSA) is 45.4 Å². The fraction of sp³-hybridized carbons (Fsp3) is 0.375. The maximum absolute atomic E-state index is 9.65. The molecule has 0 saturated heterocycles. The van der Waals surface area contributed by atoms with Crippen molar-refractivity contribution in [1.29, 1.82) is 0 Å². The molecule has 3 nitrogen and oxygen atoms in total. The standard InChI is InChI=1S/C16H19NO2/c1-10-3-4-12(8-15(10)18)17-9-13-5-6-16(19-13)14-7-11(14)2/h3-6,8,11,14,17-18H,7,9H2,1-2H3. The highest BCUT2D eigenvalue weighted by Gasteiger charge is 2.36. The van der Waals surface area contributed by atoms with Crippen LogP contribution in [0, 0.1) is 12.8 Å². The average molecular weight is 257 g/mol. The molecular formula is C16H19NO2. The van der Waals surface area contributed by atoms with Crippen LogP contribution >= 0.6 is 0 Å². The van der Waals surface area contributed by atoms with E-state index >= 15 is 0 Å². The first-order valence-electron chi connectivity index (χ1n) is 6.75. The molecule has 1 saturated carbocycles. The van der Waals surface area contributed by atoms with Gasteiger partial charge in [0.2, 0.25) is 0 Å². The maximum atomic E-state index is 9.65. The van der Waals surface area contributed by atoms with Gasteiger partial charge in [-0.25, -0.2) is 0 Å². The Morgan fingerprint density at radius 1 is 1.32 bits per heavy atom. The Morgan fingerprint density at radius 3 is 2.79 bits per heavy atom. The van der Waals surface area contributed by atoms with E-state index in [0.29, 0.717) is 18.2 Å². The summed E-state index contributed by atoms with van der Waals surface area (Å²) in [7, 11) is 0. The molecule has 0 radical (unpaired) electrons. The van der Waals surface area contributed by atoms with Crippen LogP contribution in [0.2, 0.25) is 0 Å². The van der Waals surface area contributed by atoms with Gasteiger partial charge in [-0.1, -0.05) is 13.0 Å². The molecule has 2 atom stereocenters. The van der Waals surface area contributed by atoms with Crippen LogP contribution in [-0.4, -0.2) is 5.11 Å². The lowest BCUT2D eigenvalue weighted by molar-refractivity contribution is 0.466. The van der Waals surface area contributed by atoms with E-state index in [0.717, 1.165) is 28.7 Å². The summed E-state index contributed by atoms with van der Waals surface area (Å²) in [5, 5.41) is 12.9. The van der Waals surface area contributed by atoms with Crippen molar-refractivity contribution in [2.45, 2.75) is 32.7 Å². The number of hydrogen-bond acceptors (Lipinski definition) is 3. The molecule has 0 bridgehead atoms. The third-order valence-corrected chi connectivity index (χ3v) is 3.83. The molecule has 0 aliphatic heterocycles. The average Bonchev–Trinajstić information content (AvgIpc) is 2.94. The Kier molecular flexibility index (Phi) is 2.97. The van der Waals surface area contributed by atoms with Crippen LogP contribution in [0.15, 0.2) is 34.7 Å². The van der Waals surface area contributed by atoms with Gasteiger partial charge in [-0.15, -0.1) is 0 Å². The zero-order valence-corrected chi connectivity index (χ0v) is 11.3. The summed E-state index contributed by atoms with van der Waals surface area (Å²) in [6.45, 7) is 4.78. The van der Waals surface area contributed by atoms with Crippen LogP contribution in [0.25, 0.3) is 0 Å². The summed E-state index contributed by atoms with van der Waals surface area (Å²) in [5.74, 6) is 3.75. The first kappa shape index (κ1) is 12.2. The molecule has 2 N–H and O–H groups in total. The minimum absolute atomic E-state index is 0.317. The Balaban J connectivity index is 1.62. The van der Waals surface area contributed by atoms with E-state index < -0.39 is 0 Å². The Labute approximate surface area is 113 Å². The molecule has 0 amide bonds. The summed E-state index contributed by atoms with van der Waals surface area (Å²) in [6.07, 6.45) is 1.24. The molecule has 1 aromatic carbocycles. The molecule has 19 heavy (non-hydrogen) atoms. The maximum Gasteiger partial charge on any atom is 0.123 e. The van der Waals surface area contributed by atoms with Crippen LogP contribution in [0.3, 0.4) is 0 Å². The predicted molar refractivity (Wildman–Crippen MR) is 75.4 cm³/mol. The van der Waals surface area contributed by atoms with Gasteiger partial charge in [-0.2, -0.15) is 0 Å². The fourth-order valence-corrected chi connectivity index (χ4v) is 2.32. The SMILES string of the molecule is Cc1ccc(NCc2ccc(C3CC3C)o2)cc1O. The lowest BCUT2D eigenvalue weighted by atomic mass is 10.2. The summed E-state index contributed by atoms with van der Waals surface area (Å²) in [5.41, 5.74) is 1.79. The second-order valence-corrected chi connectivity index (χ2v) is 5.48. The third-order valence-electron chi connectivity index (χ3n) is 3.83. The second kappa shape index (κ2) is 4.65. The highest BCUT2D eigenvalue weighted by atomic mass is 16.3. The first-order valence-corrected chi connectivity index (χ1v) is 6.75. The van der Waals surface area contributed by atoms with E-state index in [1.807, 2.05) is 25.1 Å². The van der Waals surface area contributed by atoms with Gasteiger partial charge in [-0.05, 0) is 43.0 Å². The van der Waals surface area contributed by atoms with Crippen molar-refractivity contribution >= 4 is 5.69 Å². The molecule has 2 unspecified atom stereocenters. The van der Waals surface area contributed by atoms with E-state index in [9.17, 15) is 5.11 Å². The van der Waals surface area contributed by atoms with Crippen LogP contribution in [0.1, 0.15) is 36.3 Å². The smallest absolute Gasteiger partial charge is 0.123 e. The number of rotatable bonds is 4. The van der Waals surface area contributed by atoms with Gasteiger partial charge >= 0.3 is 0 Å². The third kappa shape index (κ3) is 2.60. The fourth-order valence-electron chi connectivity index (χ4n) is 2.32. The molecule has 0 spiro atoms. The van der Waals surface area contributed by atoms with E-state index in [-0.39, 0.29) is 0 Å². The molecule has 1 aromatic heterocycles. The number of phenols is 1. The van der Waals surface area contributed by atoms with E-state index in [1.54, 1.807) is 6.07 Å². The number of nitrogens with one attached hydrogen (secondary N) is 1. The van der Waals surface area contributed by atoms with Crippen molar-refractivity contribution in [3.05, 3.63) is 47.4 Å². The normalized spacial score (nSPS) is 21.4. The molecule has 1 heterocycles. The Morgan fingerprint density at radius 2 is 2.11 bits per heavy atom. The summed E-state index contributed by atoms with van der Waals surface area (Å²) in [4.78, 5) is 0. The van der Waals surface area contributed by atoms with Crippen molar-refractivity contribution < 1.29 is 9.52 Å². The van der Waals surface area contributed by atoms with Gasteiger partial charge in [0.25, 0.3) is 0 Å². The number of aryl methyl sites for hydroxylation is 1. The molecule has 1 aliphatic rings. The van der Waals surface area contributed by atoms with Gasteiger partial charge < -0.3 is 14.8 Å². The number of aromatic hydroxyl groups is 1. The number of benzene rings is 1. The number of furan rings is 1. The Bertz CT molecular complexity index is 588. The number of phenolic OH excluding ortho intramolecular Hbond substituents is 1. The molecule has 1 aliphatic carbocycles. The first-order chi connectivity index (χ1) is 9.13. The molecule has 100 valence electrons. The van der Waals surface area contributed by atoms with Crippen LogP contribution in [-0.2, 0) is 6.54 Å².